The molecule has 0 N–H and O–H groups in total. The fraction of sp³-hybridized carbons (Fsp3) is 0.316. The van der Waals surface area contributed by atoms with Gasteiger partial charge in [-0.15, -0.1) is 0 Å². The van der Waals surface area contributed by atoms with Gasteiger partial charge < -0.3 is 9.42 Å². The lowest BCUT2D eigenvalue weighted by Crippen LogP contribution is -2.30. The van der Waals surface area contributed by atoms with Crippen LogP contribution in [0.5, 0.6) is 0 Å². The second-order valence-electron chi connectivity index (χ2n) is 6.04. The maximum atomic E-state index is 12.9. The van der Waals surface area contributed by atoms with E-state index in [0.29, 0.717) is 35.9 Å². The van der Waals surface area contributed by atoms with Crippen molar-refractivity contribution < 1.29 is 9.32 Å². The lowest BCUT2D eigenvalue weighted by molar-refractivity contribution is 0.0734. The van der Waals surface area contributed by atoms with Crippen LogP contribution in [0.4, 0.5) is 0 Å². The first-order valence-electron chi connectivity index (χ1n) is 8.77. The monoisotopic (exact) mass is 367 g/mol. The molecule has 0 fully saturated rings. The molecular formula is C19H21N5O3. The first kappa shape index (κ1) is 18.5. The summed E-state index contributed by atoms with van der Waals surface area (Å²) in [7, 11) is 1.59. The summed E-state index contributed by atoms with van der Waals surface area (Å²) in [5, 5.41) is 8.10. The fourth-order valence-electron chi connectivity index (χ4n) is 2.64. The molecule has 0 atom stereocenters. The van der Waals surface area contributed by atoms with Gasteiger partial charge in [-0.2, -0.15) is 10.1 Å². The van der Waals surface area contributed by atoms with Crippen molar-refractivity contribution in [1.82, 2.24) is 24.8 Å². The van der Waals surface area contributed by atoms with E-state index in [4.69, 9.17) is 4.52 Å². The molecule has 0 radical (unpaired) electrons. The van der Waals surface area contributed by atoms with Gasteiger partial charge in [-0.1, -0.05) is 24.2 Å². The third-order valence-electron chi connectivity index (χ3n) is 4.19. The summed E-state index contributed by atoms with van der Waals surface area (Å²) < 4.78 is 6.46. The molecule has 0 aliphatic carbocycles. The smallest absolute Gasteiger partial charge is 0.266 e. The number of hydrogen-bond donors (Lipinski definition) is 0. The minimum atomic E-state index is -0.186. The Labute approximate surface area is 156 Å². The Balaban J connectivity index is 1.84. The summed E-state index contributed by atoms with van der Waals surface area (Å²) in [5.41, 5.74) is 1.73. The van der Waals surface area contributed by atoms with Gasteiger partial charge in [0.05, 0.1) is 5.69 Å². The third-order valence-corrected chi connectivity index (χ3v) is 4.19. The van der Waals surface area contributed by atoms with E-state index < -0.39 is 0 Å². The number of nitrogens with zero attached hydrogens (tertiary/aromatic N) is 5. The Morgan fingerprint density at radius 2 is 2.04 bits per heavy atom. The lowest BCUT2D eigenvalue weighted by Gasteiger charge is -2.19. The van der Waals surface area contributed by atoms with Crippen molar-refractivity contribution in [3.05, 3.63) is 64.0 Å². The molecule has 0 saturated heterocycles. The van der Waals surface area contributed by atoms with Crippen LogP contribution in [-0.2, 0) is 20.0 Å². The largest absolute Gasteiger partial charge is 0.337 e. The van der Waals surface area contributed by atoms with Crippen LogP contribution < -0.4 is 5.56 Å². The molecule has 3 aromatic rings. The highest BCUT2D eigenvalue weighted by atomic mass is 16.5. The van der Waals surface area contributed by atoms with Gasteiger partial charge in [0, 0.05) is 37.2 Å². The molecule has 1 amide bonds. The molecule has 0 unspecified atom stereocenters. The molecular weight excluding hydrogens is 346 g/mol. The van der Waals surface area contributed by atoms with Gasteiger partial charge in [0.1, 0.15) is 6.54 Å². The second-order valence-corrected chi connectivity index (χ2v) is 6.04. The van der Waals surface area contributed by atoms with Gasteiger partial charge in [0.2, 0.25) is 5.89 Å². The number of benzene rings is 1. The van der Waals surface area contributed by atoms with Gasteiger partial charge in [-0.25, -0.2) is 4.68 Å². The summed E-state index contributed by atoms with van der Waals surface area (Å²) in [6, 6.07) is 10.3. The van der Waals surface area contributed by atoms with Gasteiger partial charge in [-0.05, 0) is 25.1 Å². The van der Waals surface area contributed by atoms with Crippen LogP contribution in [0, 0.1) is 0 Å². The standard InChI is InChI=1S/C19H21N5O3/c1-4-16-20-17(27-22-16)12-24(5-2)19(26)14-8-6-7-13(11-14)15-9-10-18(25)23(3)21-15/h6-11H,4-5,12H2,1-3H3. The Bertz CT molecular complexity index is 1010. The first-order valence-corrected chi connectivity index (χ1v) is 8.77. The molecule has 140 valence electrons. The second kappa shape index (κ2) is 7.94. The number of aryl methyl sites for hydroxylation is 2. The lowest BCUT2D eigenvalue weighted by atomic mass is 10.1. The Morgan fingerprint density at radius 3 is 2.70 bits per heavy atom. The van der Waals surface area contributed by atoms with Crippen molar-refractivity contribution >= 4 is 5.91 Å². The van der Waals surface area contributed by atoms with Crippen LogP contribution >= 0.6 is 0 Å². The van der Waals surface area contributed by atoms with Crippen LogP contribution in [0.15, 0.2) is 45.7 Å². The summed E-state index contributed by atoms with van der Waals surface area (Å²) in [6.45, 7) is 4.60. The molecule has 0 bridgehead atoms. The number of rotatable bonds is 6. The number of hydrogen-bond acceptors (Lipinski definition) is 6. The zero-order chi connectivity index (χ0) is 19.4. The summed E-state index contributed by atoms with van der Waals surface area (Å²) in [5.74, 6) is 0.898. The predicted molar refractivity (Wildman–Crippen MR) is 99.0 cm³/mol. The summed E-state index contributed by atoms with van der Waals surface area (Å²) >= 11 is 0. The van der Waals surface area contributed by atoms with Gasteiger partial charge in [-0.3, -0.25) is 9.59 Å². The van der Waals surface area contributed by atoms with Gasteiger partial charge in [0.15, 0.2) is 5.82 Å². The van der Waals surface area contributed by atoms with Crippen LogP contribution in [0.25, 0.3) is 11.3 Å². The Morgan fingerprint density at radius 1 is 1.22 bits per heavy atom. The van der Waals surface area contributed by atoms with E-state index >= 15 is 0 Å². The fourth-order valence-corrected chi connectivity index (χ4v) is 2.64. The summed E-state index contributed by atoms with van der Waals surface area (Å²) in [6.07, 6.45) is 0.679. The highest BCUT2D eigenvalue weighted by molar-refractivity contribution is 5.95. The summed E-state index contributed by atoms with van der Waals surface area (Å²) in [4.78, 5) is 30.3. The number of amides is 1. The normalized spacial score (nSPS) is 10.8. The molecule has 0 spiro atoms. The SMILES string of the molecule is CCc1noc(CN(CC)C(=O)c2cccc(-c3ccc(=O)n(C)n3)c2)n1. The topological polar surface area (TPSA) is 94.1 Å². The molecule has 8 nitrogen and oxygen atoms in total. The van der Waals surface area contributed by atoms with E-state index in [1.165, 1.54) is 10.7 Å². The molecule has 8 heteroatoms. The molecule has 2 aromatic heterocycles. The van der Waals surface area contributed by atoms with E-state index in [1.807, 2.05) is 19.9 Å². The van der Waals surface area contributed by atoms with Gasteiger partial charge in [0.25, 0.3) is 11.5 Å². The Kier molecular flexibility index (Phi) is 5.44. The van der Waals surface area contributed by atoms with Crippen molar-refractivity contribution in [3.8, 4) is 11.3 Å². The van der Waals surface area contributed by atoms with E-state index in [1.54, 1.807) is 36.2 Å². The molecule has 0 saturated carbocycles. The zero-order valence-electron chi connectivity index (χ0n) is 15.5. The Hall–Kier alpha value is -3.29. The molecule has 0 aliphatic rings. The number of carbonyl (C=O) groups excluding carboxylic acids is 1. The molecule has 3 rings (SSSR count). The van der Waals surface area contributed by atoms with Crippen molar-refractivity contribution in [2.45, 2.75) is 26.8 Å². The molecule has 27 heavy (non-hydrogen) atoms. The highest BCUT2D eigenvalue weighted by Crippen LogP contribution is 2.19. The first-order chi connectivity index (χ1) is 13.0. The predicted octanol–water partition coefficient (Wildman–Crippen LogP) is 2.05. The average molecular weight is 367 g/mol. The van der Waals surface area contributed by atoms with E-state index in [0.717, 1.165) is 5.56 Å². The van der Waals surface area contributed by atoms with E-state index in [-0.39, 0.29) is 18.0 Å². The third kappa shape index (κ3) is 4.11. The molecule has 1 aromatic carbocycles. The average Bonchev–Trinajstić information content (AvgIpc) is 3.15. The molecule has 2 heterocycles. The minimum absolute atomic E-state index is 0.139. The van der Waals surface area contributed by atoms with Crippen LogP contribution in [0.3, 0.4) is 0 Å². The number of carbonyl (C=O) groups is 1. The molecule has 0 aliphatic heterocycles. The van der Waals surface area contributed by atoms with E-state index in [2.05, 4.69) is 15.2 Å². The minimum Gasteiger partial charge on any atom is -0.337 e. The maximum absolute atomic E-state index is 12.9. The van der Waals surface area contributed by atoms with Crippen LogP contribution in [-0.4, -0.2) is 37.3 Å². The highest BCUT2D eigenvalue weighted by Gasteiger charge is 2.18. The van der Waals surface area contributed by atoms with Crippen molar-refractivity contribution in [2.75, 3.05) is 6.54 Å². The quantitative estimate of drug-likeness (QED) is 0.662. The van der Waals surface area contributed by atoms with E-state index in [9.17, 15) is 9.59 Å². The van der Waals surface area contributed by atoms with Crippen LogP contribution in [0.1, 0.15) is 35.9 Å². The maximum Gasteiger partial charge on any atom is 0.266 e. The van der Waals surface area contributed by atoms with Gasteiger partial charge >= 0.3 is 0 Å². The zero-order valence-corrected chi connectivity index (χ0v) is 15.5. The van der Waals surface area contributed by atoms with Crippen molar-refractivity contribution in [2.24, 2.45) is 7.05 Å². The van der Waals surface area contributed by atoms with Crippen LogP contribution in [0.2, 0.25) is 0 Å². The van der Waals surface area contributed by atoms with Crippen molar-refractivity contribution in [3.63, 3.8) is 0 Å². The number of aromatic nitrogens is 4. The van der Waals surface area contributed by atoms with Crippen molar-refractivity contribution in [1.29, 1.82) is 0 Å².